The summed E-state index contributed by atoms with van der Waals surface area (Å²) in [5.41, 5.74) is -0.180. The van der Waals surface area contributed by atoms with Crippen LogP contribution in [0.25, 0.3) is 5.69 Å². The number of para-hydroxylation sites is 2. The maximum absolute atomic E-state index is 13.1. The molecular weight excluding hydrogens is 398 g/mol. The first-order chi connectivity index (χ1) is 13.4. The van der Waals surface area contributed by atoms with Crippen molar-refractivity contribution < 1.29 is 9.72 Å². The van der Waals surface area contributed by atoms with Crippen molar-refractivity contribution in [1.29, 1.82) is 0 Å². The normalized spacial score (nSPS) is 20.7. The van der Waals surface area contributed by atoms with Gasteiger partial charge in [0.15, 0.2) is 5.69 Å². The molecule has 1 aromatic carbocycles. The topological polar surface area (TPSA) is 110 Å². The van der Waals surface area contributed by atoms with Gasteiger partial charge >= 0.3 is 0 Å². The lowest BCUT2D eigenvalue weighted by atomic mass is 10.1. The van der Waals surface area contributed by atoms with Crippen molar-refractivity contribution >= 4 is 24.0 Å². The van der Waals surface area contributed by atoms with Gasteiger partial charge in [-0.25, -0.2) is 4.68 Å². The molecule has 2 unspecified atom stereocenters. The molecule has 2 saturated heterocycles. The Bertz CT molecular complexity index is 1010. The van der Waals surface area contributed by atoms with Gasteiger partial charge in [0.2, 0.25) is 5.43 Å². The monoisotopic (exact) mass is 419 g/mol. The maximum Gasteiger partial charge on any atom is 0.294 e. The van der Waals surface area contributed by atoms with Gasteiger partial charge in [0, 0.05) is 43.0 Å². The van der Waals surface area contributed by atoms with Crippen molar-refractivity contribution in [3.05, 3.63) is 62.1 Å². The van der Waals surface area contributed by atoms with Crippen molar-refractivity contribution in [2.45, 2.75) is 38.3 Å². The quantitative estimate of drug-likeness (QED) is 0.600. The van der Waals surface area contributed by atoms with E-state index in [1.807, 2.05) is 0 Å². The number of hydrogen-bond acceptors (Lipinski definition) is 6. The number of aromatic nitrogens is 2. The second kappa shape index (κ2) is 8.30. The lowest BCUT2D eigenvalue weighted by Gasteiger charge is -2.24. The zero-order valence-electron chi connectivity index (χ0n) is 15.9. The molecule has 0 spiro atoms. The van der Waals surface area contributed by atoms with Crippen molar-refractivity contribution in [2.75, 3.05) is 13.1 Å². The predicted octanol–water partition coefficient (Wildman–Crippen LogP) is 1.84. The fourth-order valence-electron chi connectivity index (χ4n) is 4.01. The average Bonchev–Trinajstić information content (AvgIpc) is 3.00. The Balaban J connectivity index is 0.00000240. The van der Waals surface area contributed by atoms with Crippen LogP contribution < -0.4 is 10.7 Å². The van der Waals surface area contributed by atoms with Crippen LogP contribution in [-0.2, 0) is 0 Å². The Morgan fingerprint density at radius 3 is 2.72 bits per heavy atom. The van der Waals surface area contributed by atoms with E-state index in [9.17, 15) is 19.7 Å². The second-order valence-electron chi connectivity index (χ2n) is 7.33. The fourth-order valence-corrected chi connectivity index (χ4v) is 4.01. The highest BCUT2D eigenvalue weighted by molar-refractivity contribution is 5.92. The van der Waals surface area contributed by atoms with Gasteiger partial charge in [-0.15, -0.1) is 12.4 Å². The van der Waals surface area contributed by atoms with Gasteiger partial charge in [0.1, 0.15) is 5.69 Å². The van der Waals surface area contributed by atoms with E-state index >= 15 is 0 Å². The number of rotatable bonds is 3. The van der Waals surface area contributed by atoms with Crippen molar-refractivity contribution in [2.24, 2.45) is 0 Å². The molecule has 1 aromatic heterocycles. The van der Waals surface area contributed by atoms with E-state index in [0.29, 0.717) is 24.8 Å². The van der Waals surface area contributed by atoms with Crippen molar-refractivity contribution in [3.8, 4) is 5.69 Å². The van der Waals surface area contributed by atoms with E-state index in [2.05, 4.69) is 10.4 Å². The van der Waals surface area contributed by atoms with Crippen LogP contribution in [0.4, 0.5) is 5.69 Å². The van der Waals surface area contributed by atoms with Crippen molar-refractivity contribution in [3.63, 3.8) is 0 Å². The number of amides is 1. The summed E-state index contributed by atoms with van der Waals surface area (Å²) in [5.74, 6) is -0.424. The Morgan fingerprint density at radius 1 is 1.24 bits per heavy atom. The molecule has 0 radical (unpaired) electrons. The molecule has 1 amide bonds. The van der Waals surface area contributed by atoms with E-state index in [1.54, 1.807) is 30.0 Å². The summed E-state index contributed by atoms with van der Waals surface area (Å²) < 4.78 is 1.30. The van der Waals surface area contributed by atoms with E-state index in [0.717, 1.165) is 19.3 Å². The third-order valence-electron chi connectivity index (χ3n) is 5.43. The number of fused-ring (bicyclic) bond motifs is 2. The highest BCUT2D eigenvalue weighted by atomic mass is 35.5. The fraction of sp³-hybridized carbons (Fsp3) is 0.421. The summed E-state index contributed by atoms with van der Waals surface area (Å²) >= 11 is 0. The summed E-state index contributed by atoms with van der Waals surface area (Å²) in [4.78, 5) is 38.1. The molecule has 9 nitrogen and oxygen atoms in total. The summed E-state index contributed by atoms with van der Waals surface area (Å²) in [6, 6.07) is 8.08. The molecular formula is C19H22ClN5O4. The minimum Gasteiger partial charge on any atom is -0.336 e. The molecule has 3 heterocycles. The molecule has 1 N–H and O–H groups in total. The first kappa shape index (κ1) is 20.9. The molecule has 2 aromatic rings. The van der Waals surface area contributed by atoms with Crippen LogP contribution in [-0.4, -0.2) is 50.7 Å². The first-order valence-electron chi connectivity index (χ1n) is 9.34. The number of carbonyl (C=O) groups excluding carboxylic acids is 1. The van der Waals surface area contributed by atoms with Crippen LogP contribution in [0.1, 0.15) is 35.4 Å². The van der Waals surface area contributed by atoms with Crippen LogP contribution in [0.3, 0.4) is 0 Å². The molecule has 0 saturated carbocycles. The predicted molar refractivity (Wildman–Crippen MR) is 109 cm³/mol. The third kappa shape index (κ3) is 4.01. The first-order valence-corrected chi connectivity index (χ1v) is 9.34. The van der Waals surface area contributed by atoms with Gasteiger partial charge in [-0.1, -0.05) is 12.1 Å². The number of nitrogens with zero attached hydrogens (tertiary/aromatic N) is 4. The lowest BCUT2D eigenvalue weighted by Crippen LogP contribution is -2.41. The van der Waals surface area contributed by atoms with E-state index in [-0.39, 0.29) is 35.5 Å². The van der Waals surface area contributed by atoms with Crippen LogP contribution in [0.15, 0.2) is 35.1 Å². The molecule has 4 rings (SSSR count). The van der Waals surface area contributed by atoms with Gasteiger partial charge in [-0.05, 0) is 32.3 Å². The number of nitro groups is 1. The van der Waals surface area contributed by atoms with Crippen LogP contribution in [0.5, 0.6) is 0 Å². The van der Waals surface area contributed by atoms with E-state index in [4.69, 9.17) is 0 Å². The van der Waals surface area contributed by atoms with Crippen LogP contribution in [0.2, 0.25) is 0 Å². The SMILES string of the molecule is Cc1cc(=O)c(C(=O)N2CCC3CCC(C2)N3)nn1-c1ccccc1[N+](=O)[O-].Cl. The standard InChI is InChI=1S/C19H21N5O4.ClH/c1-12-10-17(25)18(19(26)22-9-8-13-6-7-14(11-22)20-13)21-23(12)15-4-2-3-5-16(15)24(27)28;/h2-5,10,13-14,20H,6-9,11H2,1H3;1H. The van der Waals surface area contributed by atoms with Gasteiger partial charge in [0.05, 0.1) is 4.92 Å². The maximum atomic E-state index is 13.1. The smallest absolute Gasteiger partial charge is 0.294 e. The Morgan fingerprint density at radius 2 is 1.97 bits per heavy atom. The minimum atomic E-state index is -0.507. The van der Waals surface area contributed by atoms with Gasteiger partial charge in [-0.2, -0.15) is 5.10 Å². The minimum absolute atomic E-state index is 0. The van der Waals surface area contributed by atoms with Crippen LogP contribution in [0, 0.1) is 17.0 Å². The third-order valence-corrected chi connectivity index (χ3v) is 5.43. The lowest BCUT2D eigenvalue weighted by molar-refractivity contribution is -0.384. The number of nitrogens with one attached hydrogen (secondary N) is 1. The van der Waals surface area contributed by atoms with E-state index in [1.165, 1.54) is 16.8 Å². The van der Waals surface area contributed by atoms with Gasteiger partial charge in [0.25, 0.3) is 11.6 Å². The average molecular weight is 420 g/mol. The zero-order chi connectivity index (χ0) is 19.8. The molecule has 2 fully saturated rings. The number of aryl methyl sites for hydroxylation is 1. The largest absolute Gasteiger partial charge is 0.336 e. The Hall–Kier alpha value is -2.78. The molecule has 2 atom stereocenters. The number of benzene rings is 1. The zero-order valence-corrected chi connectivity index (χ0v) is 16.7. The van der Waals surface area contributed by atoms with Gasteiger partial charge in [-0.3, -0.25) is 19.7 Å². The summed E-state index contributed by atoms with van der Waals surface area (Å²) in [6.07, 6.45) is 2.96. The summed E-state index contributed by atoms with van der Waals surface area (Å²) in [6.45, 7) is 2.73. The highest BCUT2D eigenvalue weighted by Crippen LogP contribution is 2.23. The molecule has 2 bridgehead atoms. The van der Waals surface area contributed by atoms with Crippen molar-refractivity contribution in [1.82, 2.24) is 20.0 Å². The molecule has 2 aliphatic rings. The molecule has 2 aliphatic heterocycles. The molecule has 0 aliphatic carbocycles. The number of hydrogen-bond donors (Lipinski definition) is 1. The number of likely N-dealkylation sites (tertiary alicyclic amines) is 1. The summed E-state index contributed by atoms with van der Waals surface area (Å²) in [5, 5.41) is 19.1. The summed E-state index contributed by atoms with van der Waals surface area (Å²) in [7, 11) is 0. The van der Waals surface area contributed by atoms with Gasteiger partial charge < -0.3 is 10.2 Å². The number of carbonyl (C=O) groups is 1. The van der Waals surface area contributed by atoms with E-state index < -0.39 is 16.3 Å². The molecule has 154 valence electrons. The second-order valence-corrected chi connectivity index (χ2v) is 7.33. The Kier molecular flexibility index (Phi) is 5.99. The Labute approximate surface area is 173 Å². The number of halogens is 1. The molecule has 29 heavy (non-hydrogen) atoms. The number of nitro benzene ring substituents is 1. The highest BCUT2D eigenvalue weighted by Gasteiger charge is 2.33. The molecule has 10 heteroatoms. The van der Waals surface area contributed by atoms with Crippen LogP contribution >= 0.6 is 12.4 Å².